The van der Waals surface area contributed by atoms with E-state index in [2.05, 4.69) is 24.3 Å². The molecule has 0 radical (unpaired) electrons. The third-order valence-electron chi connectivity index (χ3n) is 2.89. The highest BCUT2D eigenvalue weighted by Crippen LogP contribution is 2.22. The van der Waals surface area contributed by atoms with Crippen molar-refractivity contribution in [1.29, 1.82) is 0 Å². The van der Waals surface area contributed by atoms with Gasteiger partial charge in [-0.3, -0.25) is 0 Å². The van der Waals surface area contributed by atoms with Crippen LogP contribution in [-0.2, 0) is 13.5 Å². The molecular formula is C13H25N3O. The van der Waals surface area contributed by atoms with E-state index in [0.717, 1.165) is 24.5 Å². The van der Waals surface area contributed by atoms with E-state index in [9.17, 15) is 0 Å². The molecular weight excluding hydrogens is 214 g/mol. The number of aryl methyl sites for hydroxylation is 2. The Morgan fingerprint density at radius 1 is 1.35 bits per heavy atom. The third kappa shape index (κ3) is 4.04. The molecule has 0 fully saturated rings. The fourth-order valence-electron chi connectivity index (χ4n) is 2.04. The molecule has 1 heterocycles. The van der Waals surface area contributed by atoms with Crippen molar-refractivity contribution in [2.75, 3.05) is 13.7 Å². The van der Waals surface area contributed by atoms with Crippen LogP contribution in [-0.4, -0.2) is 29.5 Å². The van der Waals surface area contributed by atoms with Gasteiger partial charge in [0.2, 0.25) is 5.88 Å². The Morgan fingerprint density at radius 3 is 2.65 bits per heavy atom. The van der Waals surface area contributed by atoms with Crippen LogP contribution < -0.4 is 10.1 Å². The van der Waals surface area contributed by atoms with Crippen LogP contribution in [0, 0.1) is 6.92 Å². The first-order chi connectivity index (χ1) is 8.06. The fraction of sp³-hybridized carbons (Fsp3) is 0.769. The molecule has 0 saturated carbocycles. The van der Waals surface area contributed by atoms with E-state index >= 15 is 0 Å². The molecule has 0 amide bonds. The molecule has 0 atom stereocenters. The summed E-state index contributed by atoms with van der Waals surface area (Å²) in [6.07, 6.45) is 3.40. The van der Waals surface area contributed by atoms with E-state index in [-0.39, 0.29) is 0 Å². The Labute approximate surface area is 104 Å². The first kappa shape index (κ1) is 14.0. The lowest BCUT2D eigenvalue weighted by molar-refractivity contribution is 0.368. The highest BCUT2D eigenvalue weighted by Gasteiger charge is 2.12. The van der Waals surface area contributed by atoms with Crippen molar-refractivity contribution in [3.8, 4) is 5.88 Å². The van der Waals surface area contributed by atoms with Gasteiger partial charge in [0.25, 0.3) is 0 Å². The van der Waals surface area contributed by atoms with E-state index in [4.69, 9.17) is 4.74 Å². The summed E-state index contributed by atoms with van der Waals surface area (Å²) < 4.78 is 7.19. The zero-order valence-corrected chi connectivity index (χ0v) is 11.7. The molecule has 4 heteroatoms. The van der Waals surface area contributed by atoms with Crippen LogP contribution in [0.25, 0.3) is 0 Å². The number of aromatic nitrogens is 2. The second-order valence-electron chi connectivity index (χ2n) is 4.76. The highest BCUT2D eigenvalue weighted by atomic mass is 16.5. The van der Waals surface area contributed by atoms with Gasteiger partial charge in [-0.25, -0.2) is 4.68 Å². The summed E-state index contributed by atoms with van der Waals surface area (Å²) in [6, 6.07) is 0.574. The van der Waals surface area contributed by atoms with E-state index in [1.165, 1.54) is 18.4 Å². The van der Waals surface area contributed by atoms with Crippen LogP contribution in [0.15, 0.2) is 0 Å². The van der Waals surface area contributed by atoms with Crippen molar-refractivity contribution in [1.82, 2.24) is 15.1 Å². The number of nitrogens with one attached hydrogen (secondary N) is 1. The van der Waals surface area contributed by atoms with Crippen molar-refractivity contribution in [2.24, 2.45) is 7.05 Å². The van der Waals surface area contributed by atoms with Gasteiger partial charge in [0.05, 0.1) is 12.8 Å². The van der Waals surface area contributed by atoms with Gasteiger partial charge in [0.15, 0.2) is 0 Å². The van der Waals surface area contributed by atoms with Gasteiger partial charge in [-0.05, 0) is 32.7 Å². The van der Waals surface area contributed by atoms with E-state index in [1.807, 2.05) is 18.7 Å². The van der Waals surface area contributed by atoms with E-state index in [1.54, 1.807) is 7.11 Å². The molecule has 1 aromatic heterocycles. The fourth-order valence-corrected chi connectivity index (χ4v) is 2.04. The number of nitrogens with zero attached hydrogens (tertiary/aromatic N) is 2. The number of hydrogen-bond donors (Lipinski definition) is 1. The quantitative estimate of drug-likeness (QED) is 0.740. The summed E-state index contributed by atoms with van der Waals surface area (Å²) >= 11 is 0. The van der Waals surface area contributed by atoms with E-state index in [0.29, 0.717) is 6.04 Å². The summed E-state index contributed by atoms with van der Waals surface area (Å²) in [4.78, 5) is 0. The van der Waals surface area contributed by atoms with Gasteiger partial charge >= 0.3 is 0 Å². The minimum Gasteiger partial charge on any atom is -0.481 e. The Balaban J connectivity index is 2.41. The van der Waals surface area contributed by atoms with Crippen molar-refractivity contribution in [3.05, 3.63) is 11.3 Å². The van der Waals surface area contributed by atoms with Crippen LogP contribution in [0.1, 0.15) is 37.9 Å². The Morgan fingerprint density at radius 2 is 2.06 bits per heavy atom. The molecule has 0 aromatic carbocycles. The molecule has 0 aliphatic rings. The zero-order chi connectivity index (χ0) is 12.8. The Kier molecular flexibility index (Phi) is 5.48. The summed E-state index contributed by atoms with van der Waals surface area (Å²) in [5, 5.41) is 7.81. The SMILES string of the molecule is COc1c(CCCCNC(C)C)c(C)nn1C. The Bertz CT molecular complexity index is 345. The lowest BCUT2D eigenvalue weighted by Crippen LogP contribution is -2.23. The molecule has 0 aliphatic heterocycles. The molecule has 1 aromatic rings. The summed E-state index contributed by atoms with van der Waals surface area (Å²) in [5.74, 6) is 0.902. The summed E-state index contributed by atoms with van der Waals surface area (Å²) in [6.45, 7) is 7.48. The average Bonchev–Trinajstić information content (AvgIpc) is 2.52. The second-order valence-corrected chi connectivity index (χ2v) is 4.76. The smallest absolute Gasteiger partial charge is 0.214 e. The van der Waals surface area contributed by atoms with E-state index < -0.39 is 0 Å². The second kappa shape index (κ2) is 6.64. The topological polar surface area (TPSA) is 39.1 Å². The maximum absolute atomic E-state index is 5.38. The predicted molar refractivity (Wildman–Crippen MR) is 70.6 cm³/mol. The normalized spacial score (nSPS) is 11.2. The summed E-state index contributed by atoms with van der Waals surface area (Å²) in [5.41, 5.74) is 2.33. The molecule has 17 heavy (non-hydrogen) atoms. The molecule has 0 aliphatic carbocycles. The first-order valence-electron chi connectivity index (χ1n) is 6.36. The van der Waals surface area contributed by atoms with Gasteiger partial charge in [-0.15, -0.1) is 0 Å². The minimum absolute atomic E-state index is 0.574. The average molecular weight is 239 g/mol. The highest BCUT2D eigenvalue weighted by molar-refractivity contribution is 5.30. The number of unbranched alkanes of at least 4 members (excludes halogenated alkanes) is 1. The lowest BCUT2D eigenvalue weighted by atomic mass is 10.1. The van der Waals surface area contributed by atoms with Gasteiger partial charge < -0.3 is 10.1 Å². The molecule has 0 spiro atoms. The molecule has 0 unspecified atom stereocenters. The van der Waals surface area contributed by atoms with Crippen LogP contribution in [0.2, 0.25) is 0 Å². The van der Waals surface area contributed by atoms with Crippen LogP contribution in [0.4, 0.5) is 0 Å². The number of hydrogen-bond acceptors (Lipinski definition) is 3. The molecule has 1 N–H and O–H groups in total. The van der Waals surface area contributed by atoms with Crippen molar-refractivity contribution in [3.63, 3.8) is 0 Å². The largest absolute Gasteiger partial charge is 0.481 e. The predicted octanol–water partition coefficient (Wildman–Crippen LogP) is 2.06. The van der Waals surface area contributed by atoms with Gasteiger partial charge in [0.1, 0.15) is 0 Å². The van der Waals surface area contributed by atoms with Gasteiger partial charge in [0, 0.05) is 18.7 Å². The van der Waals surface area contributed by atoms with Gasteiger partial charge in [-0.2, -0.15) is 5.10 Å². The molecule has 0 bridgehead atoms. The van der Waals surface area contributed by atoms with Crippen molar-refractivity contribution in [2.45, 2.75) is 46.1 Å². The number of rotatable bonds is 7. The van der Waals surface area contributed by atoms with Gasteiger partial charge in [-0.1, -0.05) is 13.8 Å². The Hall–Kier alpha value is -1.03. The molecule has 1 rings (SSSR count). The standard InChI is InChI=1S/C13H25N3O/c1-10(2)14-9-7-6-8-12-11(3)15-16(4)13(12)17-5/h10,14H,6-9H2,1-5H3. The minimum atomic E-state index is 0.574. The molecule has 4 nitrogen and oxygen atoms in total. The maximum Gasteiger partial charge on any atom is 0.214 e. The first-order valence-corrected chi connectivity index (χ1v) is 6.36. The number of ether oxygens (including phenoxy) is 1. The third-order valence-corrected chi connectivity index (χ3v) is 2.89. The van der Waals surface area contributed by atoms with Crippen molar-refractivity contribution >= 4 is 0 Å². The monoisotopic (exact) mass is 239 g/mol. The summed E-state index contributed by atoms with van der Waals surface area (Å²) in [7, 11) is 3.63. The van der Waals surface area contributed by atoms with Crippen LogP contribution in [0.3, 0.4) is 0 Å². The molecule has 0 saturated heterocycles. The lowest BCUT2D eigenvalue weighted by Gasteiger charge is -2.08. The van der Waals surface area contributed by atoms with Crippen LogP contribution in [0.5, 0.6) is 5.88 Å². The zero-order valence-electron chi connectivity index (χ0n) is 11.7. The van der Waals surface area contributed by atoms with Crippen molar-refractivity contribution < 1.29 is 4.74 Å². The molecule has 98 valence electrons. The number of methoxy groups -OCH3 is 1. The van der Waals surface area contributed by atoms with Crippen LogP contribution >= 0.6 is 0 Å². The maximum atomic E-state index is 5.38.